The fourth-order valence-electron chi connectivity index (χ4n) is 4.38. The Morgan fingerprint density at radius 1 is 1.06 bits per heavy atom. The van der Waals surface area contributed by atoms with Gasteiger partial charge in [0.1, 0.15) is 11.6 Å². The lowest BCUT2D eigenvalue weighted by atomic mass is 10.0. The smallest absolute Gasteiger partial charge is 0.318 e. The van der Waals surface area contributed by atoms with E-state index in [1.54, 1.807) is 14.2 Å². The van der Waals surface area contributed by atoms with E-state index in [0.29, 0.717) is 25.6 Å². The van der Waals surface area contributed by atoms with Crippen LogP contribution in [0.1, 0.15) is 16.8 Å². The number of rotatable bonds is 5. The molecule has 4 rings (SSSR count). The van der Waals surface area contributed by atoms with Gasteiger partial charge in [-0.25, -0.2) is 0 Å². The maximum Gasteiger partial charge on any atom is 0.318 e. The number of ether oxygens (including phenoxy) is 2. The highest BCUT2D eigenvalue weighted by atomic mass is 16.5. The fourth-order valence-corrected chi connectivity index (χ4v) is 4.38. The van der Waals surface area contributed by atoms with Crippen molar-refractivity contribution in [2.24, 2.45) is 0 Å². The summed E-state index contributed by atoms with van der Waals surface area (Å²) in [4.78, 5) is 27.7. The minimum absolute atomic E-state index is 0.0220. The predicted octanol–water partition coefficient (Wildman–Crippen LogP) is 2.20. The van der Waals surface area contributed by atoms with Crippen molar-refractivity contribution in [1.29, 1.82) is 0 Å². The average Bonchev–Trinajstić information content (AvgIpc) is 2.82. The lowest BCUT2D eigenvalue weighted by Crippen LogP contribution is -2.49. The number of methoxy groups -OCH3 is 2. The average molecular weight is 424 g/mol. The van der Waals surface area contributed by atoms with Crippen LogP contribution in [0.3, 0.4) is 0 Å². The maximum atomic E-state index is 11.9. The molecule has 164 valence electrons. The summed E-state index contributed by atoms with van der Waals surface area (Å²) in [5, 5.41) is 0. The Hall–Kier alpha value is -3.29. The number of hydrogen-bond acceptors (Lipinski definition) is 7. The Kier molecular flexibility index (Phi) is 5.97. The van der Waals surface area contributed by atoms with Crippen LogP contribution in [-0.4, -0.2) is 67.7 Å². The largest absolute Gasteiger partial charge is 0.496 e. The summed E-state index contributed by atoms with van der Waals surface area (Å²) in [6.45, 7) is 9.99. The molecule has 2 aliphatic rings. The lowest BCUT2D eigenvalue weighted by molar-refractivity contribution is -0.126. The van der Waals surface area contributed by atoms with E-state index >= 15 is 0 Å². The van der Waals surface area contributed by atoms with E-state index in [4.69, 9.17) is 14.5 Å². The van der Waals surface area contributed by atoms with E-state index in [0.717, 1.165) is 54.6 Å². The normalized spacial score (nSPS) is 16.0. The van der Waals surface area contributed by atoms with Gasteiger partial charge in [-0.1, -0.05) is 12.6 Å². The van der Waals surface area contributed by atoms with Crippen molar-refractivity contribution in [3.8, 4) is 11.8 Å². The second-order valence-electron chi connectivity index (χ2n) is 7.75. The molecule has 2 aliphatic heterocycles. The van der Waals surface area contributed by atoms with Gasteiger partial charge in [-0.3, -0.25) is 4.79 Å². The van der Waals surface area contributed by atoms with Gasteiger partial charge in [-0.05, 0) is 31.6 Å². The van der Waals surface area contributed by atoms with Crippen LogP contribution < -0.4 is 19.3 Å². The third-order valence-corrected chi connectivity index (χ3v) is 6.09. The van der Waals surface area contributed by atoms with Crippen LogP contribution in [0.2, 0.25) is 0 Å². The quantitative estimate of drug-likeness (QED) is 0.683. The molecule has 3 heterocycles. The van der Waals surface area contributed by atoms with Gasteiger partial charge >= 0.3 is 6.01 Å². The monoisotopic (exact) mass is 423 g/mol. The molecular weight excluding hydrogens is 394 g/mol. The molecule has 2 aromatic rings. The highest BCUT2D eigenvalue weighted by Gasteiger charge is 2.28. The summed E-state index contributed by atoms with van der Waals surface area (Å²) in [5.41, 5.74) is 4.43. The molecule has 0 atom stereocenters. The van der Waals surface area contributed by atoms with Crippen molar-refractivity contribution in [1.82, 2.24) is 14.9 Å². The molecule has 0 bridgehead atoms. The van der Waals surface area contributed by atoms with E-state index < -0.39 is 0 Å². The van der Waals surface area contributed by atoms with Gasteiger partial charge in [0.15, 0.2) is 0 Å². The Morgan fingerprint density at radius 2 is 1.84 bits per heavy atom. The van der Waals surface area contributed by atoms with Gasteiger partial charge in [0, 0.05) is 49.5 Å². The molecule has 0 spiro atoms. The number of fused-ring (bicyclic) bond motifs is 1. The summed E-state index contributed by atoms with van der Waals surface area (Å²) in [6, 6.07) is 6.50. The molecule has 8 heteroatoms. The van der Waals surface area contributed by atoms with Gasteiger partial charge in [0.2, 0.25) is 5.91 Å². The van der Waals surface area contributed by atoms with Crippen molar-refractivity contribution < 1.29 is 14.3 Å². The first-order valence-corrected chi connectivity index (χ1v) is 10.5. The summed E-state index contributed by atoms with van der Waals surface area (Å²) >= 11 is 0. The molecule has 1 saturated heterocycles. The molecule has 1 aromatic heterocycles. The summed E-state index contributed by atoms with van der Waals surface area (Å²) in [5.74, 6) is 1.79. The Bertz CT molecular complexity index is 985. The maximum absolute atomic E-state index is 11.9. The zero-order valence-corrected chi connectivity index (χ0v) is 18.4. The molecule has 1 aromatic carbocycles. The number of benzene rings is 1. The topological polar surface area (TPSA) is 71.0 Å². The summed E-state index contributed by atoms with van der Waals surface area (Å²) in [6.07, 6.45) is 2.22. The number of aromatic nitrogens is 2. The van der Waals surface area contributed by atoms with Crippen molar-refractivity contribution >= 4 is 17.4 Å². The first-order valence-electron chi connectivity index (χ1n) is 10.5. The Labute approximate surface area is 183 Å². The number of carbonyl (C=O) groups excluding carboxylic acids is 1. The van der Waals surface area contributed by atoms with Crippen molar-refractivity contribution in [3.05, 3.63) is 47.7 Å². The minimum Gasteiger partial charge on any atom is -0.496 e. The number of hydrogen-bond donors (Lipinski definition) is 0. The summed E-state index contributed by atoms with van der Waals surface area (Å²) in [7, 11) is 3.29. The molecule has 0 radical (unpaired) electrons. The molecule has 8 nitrogen and oxygen atoms in total. The van der Waals surface area contributed by atoms with Gasteiger partial charge in [0.25, 0.3) is 0 Å². The van der Waals surface area contributed by atoms with E-state index in [9.17, 15) is 4.79 Å². The first kappa shape index (κ1) is 21.0. The number of anilines is 2. The third-order valence-electron chi connectivity index (χ3n) is 6.09. The van der Waals surface area contributed by atoms with Gasteiger partial charge in [-0.15, -0.1) is 0 Å². The molecule has 1 fully saturated rings. The second kappa shape index (κ2) is 8.83. The molecule has 0 saturated carbocycles. The number of nitrogens with zero attached hydrogens (tertiary/aromatic N) is 5. The predicted molar refractivity (Wildman–Crippen MR) is 120 cm³/mol. The van der Waals surface area contributed by atoms with Crippen molar-refractivity contribution in [3.63, 3.8) is 0 Å². The minimum atomic E-state index is -0.0220. The standard InChI is InChI=1S/C23H29N5O3/c1-5-21(29)26-11-13-27(14-12-26)22-17-9-10-28(15-18(17)24-23(25-22)31-4)19-7-6-8-20(30-3)16(19)2/h5-8H,1,9-15H2,2-4H3. The lowest BCUT2D eigenvalue weighted by Gasteiger charge is -2.38. The number of carbonyl (C=O) groups is 1. The second-order valence-corrected chi connectivity index (χ2v) is 7.75. The molecule has 0 unspecified atom stereocenters. The van der Waals surface area contributed by atoms with Gasteiger partial charge in [0.05, 0.1) is 26.5 Å². The Morgan fingerprint density at radius 3 is 2.52 bits per heavy atom. The SMILES string of the molecule is C=CC(=O)N1CCN(c2nc(OC)nc3c2CCN(c2cccc(OC)c2C)C3)CC1. The number of piperazine rings is 1. The molecular formula is C23H29N5O3. The van der Waals surface area contributed by atoms with Crippen LogP contribution in [0, 0.1) is 6.92 Å². The van der Waals surface area contributed by atoms with E-state index in [-0.39, 0.29) is 5.91 Å². The van der Waals surface area contributed by atoms with E-state index in [1.807, 2.05) is 17.0 Å². The zero-order chi connectivity index (χ0) is 22.0. The van der Waals surface area contributed by atoms with Crippen LogP contribution in [-0.2, 0) is 17.8 Å². The third kappa shape index (κ3) is 4.02. The summed E-state index contributed by atoms with van der Waals surface area (Å²) < 4.78 is 10.9. The molecule has 1 amide bonds. The van der Waals surface area contributed by atoms with Crippen LogP contribution >= 0.6 is 0 Å². The van der Waals surface area contributed by atoms with Crippen LogP contribution in [0.25, 0.3) is 0 Å². The molecule has 0 N–H and O–H groups in total. The van der Waals surface area contributed by atoms with Crippen LogP contribution in [0.5, 0.6) is 11.8 Å². The van der Waals surface area contributed by atoms with Crippen LogP contribution in [0.4, 0.5) is 11.5 Å². The van der Waals surface area contributed by atoms with E-state index in [1.165, 1.54) is 11.6 Å². The Balaban J connectivity index is 1.61. The highest BCUT2D eigenvalue weighted by Crippen LogP contribution is 2.34. The number of amides is 1. The van der Waals surface area contributed by atoms with Gasteiger partial charge < -0.3 is 24.2 Å². The first-order chi connectivity index (χ1) is 15.0. The van der Waals surface area contributed by atoms with Crippen molar-refractivity contribution in [2.75, 3.05) is 56.7 Å². The van der Waals surface area contributed by atoms with Crippen LogP contribution in [0.15, 0.2) is 30.9 Å². The highest BCUT2D eigenvalue weighted by molar-refractivity contribution is 5.87. The molecule has 31 heavy (non-hydrogen) atoms. The van der Waals surface area contributed by atoms with E-state index in [2.05, 4.69) is 34.4 Å². The van der Waals surface area contributed by atoms with Crippen molar-refractivity contribution in [2.45, 2.75) is 19.9 Å². The van der Waals surface area contributed by atoms with Gasteiger partial charge in [-0.2, -0.15) is 9.97 Å². The zero-order valence-electron chi connectivity index (χ0n) is 18.4. The molecule has 0 aliphatic carbocycles. The fraction of sp³-hybridized carbons (Fsp3) is 0.435.